The maximum Gasteiger partial charge on any atom is 0.121 e. The van der Waals surface area contributed by atoms with Crippen molar-refractivity contribution in [2.45, 2.75) is 39.2 Å². The lowest BCUT2D eigenvalue weighted by Gasteiger charge is -2.13. The zero-order valence-corrected chi connectivity index (χ0v) is 11.3. The van der Waals surface area contributed by atoms with Crippen LogP contribution in [0.25, 0.3) is 0 Å². The Hall–Kier alpha value is -1.53. The van der Waals surface area contributed by atoms with E-state index in [2.05, 4.69) is 25.2 Å². The van der Waals surface area contributed by atoms with Crippen molar-refractivity contribution in [3.63, 3.8) is 0 Å². The molecular weight excluding hydrogens is 224 g/mol. The van der Waals surface area contributed by atoms with E-state index in [9.17, 15) is 5.26 Å². The maximum absolute atomic E-state index is 9.19. The molecule has 98 valence electrons. The molecule has 0 bridgehead atoms. The van der Waals surface area contributed by atoms with Gasteiger partial charge in [0.2, 0.25) is 0 Å². The lowest BCUT2D eigenvalue weighted by molar-refractivity contribution is 0.317. The minimum atomic E-state index is -0.248. The van der Waals surface area contributed by atoms with E-state index in [0.29, 0.717) is 6.61 Å². The lowest BCUT2D eigenvalue weighted by atomic mass is 10.1. The summed E-state index contributed by atoms with van der Waals surface area (Å²) in [4.78, 5) is 0. The van der Waals surface area contributed by atoms with E-state index in [1.807, 2.05) is 24.3 Å². The molecule has 18 heavy (non-hydrogen) atoms. The summed E-state index contributed by atoms with van der Waals surface area (Å²) < 4.78 is 5.58. The highest BCUT2D eigenvalue weighted by molar-refractivity contribution is 5.33. The number of rotatable bonds is 8. The Morgan fingerprint density at radius 3 is 2.83 bits per heavy atom. The Bertz CT molecular complexity index is 384. The van der Waals surface area contributed by atoms with Gasteiger partial charge in [-0.05, 0) is 37.1 Å². The molecule has 0 aromatic heterocycles. The topological polar surface area (TPSA) is 45.0 Å². The molecule has 0 amide bonds. The van der Waals surface area contributed by atoms with Crippen LogP contribution in [0.3, 0.4) is 0 Å². The molecule has 0 fully saturated rings. The van der Waals surface area contributed by atoms with E-state index >= 15 is 0 Å². The van der Waals surface area contributed by atoms with Gasteiger partial charge in [0.25, 0.3) is 0 Å². The van der Waals surface area contributed by atoms with Crippen LogP contribution in [-0.2, 0) is 0 Å². The van der Waals surface area contributed by atoms with E-state index in [1.165, 1.54) is 0 Å². The highest BCUT2D eigenvalue weighted by Crippen LogP contribution is 2.19. The van der Waals surface area contributed by atoms with E-state index in [4.69, 9.17) is 4.74 Å². The minimum Gasteiger partial charge on any atom is -0.494 e. The summed E-state index contributed by atoms with van der Waals surface area (Å²) in [6.45, 7) is 5.80. The predicted octanol–water partition coefficient (Wildman–Crippen LogP) is 3.43. The number of hydrogen-bond donors (Lipinski definition) is 1. The Morgan fingerprint density at radius 1 is 1.33 bits per heavy atom. The summed E-state index contributed by atoms with van der Waals surface area (Å²) in [6.07, 6.45) is 3.20. The zero-order valence-electron chi connectivity index (χ0n) is 11.3. The summed E-state index contributed by atoms with van der Waals surface area (Å²) in [5, 5.41) is 12.4. The van der Waals surface area contributed by atoms with Gasteiger partial charge in [-0.2, -0.15) is 5.26 Å². The number of unbranched alkanes of at least 4 members (excludes halogenated alkanes) is 1. The number of nitrogens with zero attached hydrogens (tertiary/aromatic N) is 1. The smallest absolute Gasteiger partial charge is 0.121 e. The van der Waals surface area contributed by atoms with Crippen molar-refractivity contribution < 1.29 is 4.74 Å². The molecule has 0 saturated heterocycles. The van der Waals surface area contributed by atoms with Gasteiger partial charge in [0, 0.05) is 0 Å². The Balaban J connectivity index is 2.64. The van der Waals surface area contributed by atoms with Crippen molar-refractivity contribution in [2.75, 3.05) is 13.2 Å². The lowest BCUT2D eigenvalue weighted by Crippen LogP contribution is -2.21. The third-order valence-corrected chi connectivity index (χ3v) is 2.67. The number of benzene rings is 1. The van der Waals surface area contributed by atoms with Crippen molar-refractivity contribution in [3.8, 4) is 11.8 Å². The number of nitriles is 1. The van der Waals surface area contributed by atoms with Crippen molar-refractivity contribution in [1.82, 2.24) is 5.32 Å². The SMILES string of the molecule is CCCCNC(C#N)c1cccc(OCCC)c1. The molecule has 1 aromatic carbocycles. The molecule has 0 radical (unpaired) electrons. The Labute approximate surface area is 110 Å². The first-order valence-corrected chi connectivity index (χ1v) is 6.67. The van der Waals surface area contributed by atoms with Gasteiger partial charge in [0.1, 0.15) is 11.8 Å². The average molecular weight is 246 g/mol. The molecule has 0 heterocycles. The fourth-order valence-electron chi connectivity index (χ4n) is 1.67. The highest BCUT2D eigenvalue weighted by Gasteiger charge is 2.09. The Kier molecular flexibility index (Phi) is 6.90. The van der Waals surface area contributed by atoms with Crippen LogP contribution in [0.2, 0.25) is 0 Å². The molecule has 1 N–H and O–H groups in total. The van der Waals surface area contributed by atoms with Crippen molar-refractivity contribution in [3.05, 3.63) is 29.8 Å². The van der Waals surface area contributed by atoms with Crippen LogP contribution < -0.4 is 10.1 Å². The average Bonchev–Trinajstić information content (AvgIpc) is 2.42. The molecular formula is C15H22N2O. The molecule has 0 aliphatic rings. The van der Waals surface area contributed by atoms with Crippen LogP contribution in [0.1, 0.15) is 44.7 Å². The van der Waals surface area contributed by atoms with E-state index in [-0.39, 0.29) is 6.04 Å². The van der Waals surface area contributed by atoms with Gasteiger partial charge in [-0.25, -0.2) is 0 Å². The third kappa shape index (κ3) is 4.77. The van der Waals surface area contributed by atoms with Gasteiger partial charge < -0.3 is 4.74 Å². The second-order valence-electron chi connectivity index (χ2n) is 4.29. The van der Waals surface area contributed by atoms with E-state index < -0.39 is 0 Å². The summed E-state index contributed by atoms with van der Waals surface area (Å²) in [6, 6.07) is 9.82. The summed E-state index contributed by atoms with van der Waals surface area (Å²) in [5.41, 5.74) is 0.974. The summed E-state index contributed by atoms with van der Waals surface area (Å²) in [5.74, 6) is 0.840. The number of hydrogen-bond acceptors (Lipinski definition) is 3. The van der Waals surface area contributed by atoms with Crippen molar-refractivity contribution in [1.29, 1.82) is 5.26 Å². The molecule has 1 unspecified atom stereocenters. The molecule has 0 spiro atoms. The van der Waals surface area contributed by atoms with E-state index in [1.54, 1.807) is 0 Å². The van der Waals surface area contributed by atoms with Crippen molar-refractivity contribution in [2.24, 2.45) is 0 Å². The van der Waals surface area contributed by atoms with E-state index in [0.717, 1.165) is 37.1 Å². The van der Waals surface area contributed by atoms with Gasteiger partial charge in [0.15, 0.2) is 0 Å². The van der Waals surface area contributed by atoms with Crippen LogP contribution in [0, 0.1) is 11.3 Å². The summed E-state index contributed by atoms with van der Waals surface area (Å²) >= 11 is 0. The fraction of sp³-hybridized carbons (Fsp3) is 0.533. The van der Waals surface area contributed by atoms with Gasteiger partial charge in [0.05, 0.1) is 12.7 Å². The highest BCUT2D eigenvalue weighted by atomic mass is 16.5. The van der Waals surface area contributed by atoms with Crippen LogP contribution in [0.15, 0.2) is 24.3 Å². The number of ether oxygens (including phenoxy) is 1. The van der Waals surface area contributed by atoms with Gasteiger partial charge in [-0.3, -0.25) is 5.32 Å². The maximum atomic E-state index is 9.19. The van der Waals surface area contributed by atoms with Gasteiger partial charge >= 0.3 is 0 Å². The van der Waals surface area contributed by atoms with Crippen LogP contribution in [0.5, 0.6) is 5.75 Å². The van der Waals surface area contributed by atoms with Crippen LogP contribution >= 0.6 is 0 Å². The zero-order chi connectivity index (χ0) is 13.2. The largest absolute Gasteiger partial charge is 0.494 e. The quantitative estimate of drug-likeness (QED) is 0.715. The molecule has 1 rings (SSSR count). The molecule has 1 aromatic rings. The third-order valence-electron chi connectivity index (χ3n) is 2.67. The first-order chi connectivity index (χ1) is 8.81. The number of nitrogens with one attached hydrogen (secondary N) is 1. The molecule has 0 saturated carbocycles. The van der Waals surface area contributed by atoms with Crippen LogP contribution in [-0.4, -0.2) is 13.2 Å². The molecule has 0 aliphatic heterocycles. The second-order valence-corrected chi connectivity index (χ2v) is 4.29. The van der Waals surface area contributed by atoms with Gasteiger partial charge in [-0.1, -0.05) is 32.4 Å². The van der Waals surface area contributed by atoms with Gasteiger partial charge in [-0.15, -0.1) is 0 Å². The molecule has 3 nitrogen and oxygen atoms in total. The molecule has 0 aliphatic carbocycles. The van der Waals surface area contributed by atoms with Crippen LogP contribution in [0.4, 0.5) is 0 Å². The Morgan fingerprint density at radius 2 is 2.17 bits per heavy atom. The molecule has 3 heteroatoms. The first-order valence-electron chi connectivity index (χ1n) is 6.67. The fourth-order valence-corrected chi connectivity index (χ4v) is 1.67. The predicted molar refractivity (Wildman–Crippen MR) is 73.5 cm³/mol. The minimum absolute atomic E-state index is 0.248. The standard InChI is InChI=1S/C15H22N2O/c1-3-5-9-17-15(12-16)13-7-6-8-14(11-13)18-10-4-2/h6-8,11,15,17H,3-5,9-10H2,1-2H3. The van der Waals surface area contributed by atoms with Crippen molar-refractivity contribution >= 4 is 0 Å². The normalized spacial score (nSPS) is 11.8. The molecule has 1 atom stereocenters. The monoisotopic (exact) mass is 246 g/mol. The summed E-state index contributed by atoms with van der Waals surface area (Å²) in [7, 11) is 0. The first kappa shape index (κ1) is 14.5. The second kappa shape index (κ2) is 8.54.